The Bertz CT molecular complexity index is 435. The van der Waals surface area contributed by atoms with Gasteiger partial charge in [-0.1, -0.05) is 17.7 Å². The van der Waals surface area contributed by atoms with Crippen molar-refractivity contribution in [3.05, 3.63) is 34.6 Å². The molecule has 0 saturated carbocycles. The Kier molecular flexibility index (Phi) is 4.20. The maximum atomic E-state index is 13.3. The number of rotatable bonds is 3. The normalized spacial score (nSPS) is 11.8. The van der Waals surface area contributed by atoms with Crippen molar-refractivity contribution in [1.82, 2.24) is 5.43 Å². The molecule has 1 aromatic rings. The monoisotopic (exact) mass is 258 g/mol. The lowest BCUT2D eigenvalue weighted by Gasteiger charge is -2.13. The van der Waals surface area contributed by atoms with Crippen molar-refractivity contribution >= 4 is 23.7 Å². The summed E-state index contributed by atoms with van der Waals surface area (Å²) < 4.78 is 13.3. The molecule has 0 bridgehead atoms. The molecule has 0 atom stereocenters. The average molecular weight is 259 g/mol. The molecule has 1 aromatic carbocycles. The van der Waals surface area contributed by atoms with Crippen LogP contribution in [0.25, 0.3) is 0 Å². The Morgan fingerprint density at radius 2 is 2.24 bits per heavy atom. The smallest absolute Gasteiger partial charge is 0.271 e. The van der Waals surface area contributed by atoms with E-state index in [2.05, 4.69) is 10.5 Å². The van der Waals surface area contributed by atoms with Crippen LogP contribution in [0.3, 0.4) is 0 Å². The highest BCUT2D eigenvalue weighted by Crippen LogP contribution is 2.16. The maximum Gasteiger partial charge on any atom is 0.271 e. The van der Waals surface area contributed by atoms with E-state index < -0.39 is 17.3 Å². The van der Waals surface area contributed by atoms with Crippen molar-refractivity contribution in [2.45, 2.75) is 19.4 Å². The molecule has 92 valence electrons. The minimum atomic E-state index is -1.55. The first kappa shape index (κ1) is 13.6. The van der Waals surface area contributed by atoms with Crippen LogP contribution in [0.1, 0.15) is 19.4 Å². The summed E-state index contributed by atoms with van der Waals surface area (Å²) in [6, 6.07) is 4.19. The van der Waals surface area contributed by atoms with E-state index in [9.17, 15) is 14.3 Å². The van der Waals surface area contributed by atoms with Crippen LogP contribution in [0, 0.1) is 5.82 Å². The van der Waals surface area contributed by atoms with Crippen molar-refractivity contribution in [3.63, 3.8) is 0 Å². The number of hydrogen-bond acceptors (Lipinski definition) is 3. The number of hydrogen-bond donors (Lipinski definition) is 2. The summed E-state index contributed by atoms with van der Waals surface area (Å²) in [6.07, 6.45) is 1.08. The summed E-state index contributed by atoms with van der Waals surface area (Å²) in [6.45, 7) is 2.63. The molecule has 0 aliphatic rings. The largest absolute Gasteiger partial charge is 0.381 e. The minimum Gasteiger partial charge on any atom is -0.381 e. The highest BCUT2D eigenvalue weighted by Gasteiger charge is 2.22. The number of carbonyl (C=O) groups is 1. The summed E-state index contributed by atoms with van der Waals surface area (Å²) in [5, 5.41) is 13.0. The number of carbonyl (C=O) groups excluding carboxylic acids is 1. The summed E-state index contributed by atoms with van der Waals surface area (Å²) in [4.78, 5) is 11.2. The molecule has 0 spiro atoms. The summed E-state index contributed by atoms with van der Waals surface area (Å²) >= 11 is 5.74. The predicted molar refractivity (Wildman–Crippen MR) is 63.4 cm³/mol. The van der Waals surface area contributed by atoms with Gasteiger partial charge in [0.05, 0.1) is 11.2 Å². The first-order valence-corrected chi connectivity index (χ1v) is 5.20. The number of benzene rings is 1. The molecule has 0 unspecified atom stereocenters. The fraction of sp³-hybridized carbons (Fsp3) is 0.273. The van der Waals surface area contributed by atoms with Crippen LogP contribution in [0.5, 0.6) is 0 Å². The lowest BCUT2D eigenvalue weighted by atomic mass is 10.1. The van der Waals surface area contributed by atoms with Gasteiger partial charge in [0, 0.05) is 5.56 Å². The van der Waals surface area contributed by atoms with E-state index in [1.165, 1.54) is 32.0 Å². The minimum absolute atomic E-state index is 0.0743. The van der Waals surface area contributed by atoms with Gasteiger partial charge in [0.25, 0.3) is 5.91 Å². The second kappa shape index (κ2) is 5.25. The molecule has 17 heavy (non-hydrogen) atoms. The average Bonchev–Trinajstić information content (AvgIpc) is 2.20. The van der Waals surface area contributed by atoms with Gasteiger partial charge in [-0.3, -0.25) is 4.79 Å². The Morgan fingerprint density at radius 3 is 2.76 bits per heavy atom. The zero-order chi connectivity index (χ0) is 13.1. The molecule has 0 saturated heterocycles. The summed E-state index contributed by atoms with van der Waals surface area (Å²) in [5.74, 6) is -1.24. The molecule has 6 heteroatoms. The molecule has 0 aliphatic carbocycles. The number of aliphatic hydroxyl groups is 1. The Balaban J connectivity index is 2.76. The van der Waals surface area contributed by atoms with Gasteiger partial charge in [0.2, 0.25) is 0 Å². The van der Waals surface area contributed by atoms with Crippen molar-refractivity contribution in [3.8, 4) is 0 Å². The SMILES string of the molecule is CC(C)(O)C(=O)N/N=C/c1c(F)cccc1Cl. The van der Waals surface area contributed by atoms with E-state index >= 15 is 0 Å². The third-order valence-electron chi connectivity index (χ3n) is 1.92. The van der Waals surface area contributed by atoms with Gasteiger partial charge in [-0.25, -0.2) is 9.82 Å². The van der Waals surface area contributed by atoms with Gasteiger partial charge < -0.3 is 5.11 Å². The molecular weight excluding hydrogens is 247 g/mol. The molecule has 1 rings (SSSR count). The Hall–Kier alpha value is -1.46. The molecule has 0 radical (unpaired) electrons. The van der Waals surface area contributed by atoms with Gasteiger partial charge >= 0.3 is 0 Å². The fourth-order valence-corrected chi connectivity index (χ4v) is 1.14. The summed E-state index contributed by atoms with van der Waals surface area (Å²) in [7, 11) is 0. The highest BCUT2D eigenvalue weighted by atomic mass is 35.5. The van der Waals surface area contributed by atoms with Gasteiger partial charge in [-0.15, -0.1) is 0 Å². The molecule has 0 fully saturated rings. The molecule has 0 aliphatic heterocycles. The highest BCUT2D eigenvalue weighted by molar-refractivity contribution is 6.33. The van der Waals surface area contributed by atoms with E-state index in [1.807, 2.05) is 0 Å². The van der Waals surface area contributed by atoms with Crippen LogP contribution in [0.15, 0.2) is 23.3 Å². The van der Waals surface area contributed by atoms with Crippen LogP contribution < -0.4 is 5.43 Å². The summed E-state index contributed by atoms with van der Waals surface area (Å²) in [5.41, 5.74) is 0.610. The van der Waals surface area contributed by atoms with Crippen molar-refractivity contribution < 1.29 is 14.3 Å². The van der Waals surface area contributed by atoms with E-state index in [0.717, 1.165) is 6.21 Å². The lowest BCUT2D eigenvalue weighted by molar-refractivity contribution is -0.136. The van der Waals surface area contributed by atoms with Crippen LogP contribution in [0.4, 0.5) is 4.39 Å². The van der Waals surface area contributed by atoms with Crippen LogP contribution >= 0.6 is 11.6 Å². The first-order chi connectivity index (χ1) is 7.82. The number of amides is 1. The topological polar surface area (TPSA) is 61.7 Å². The molecule has 0 heterocycles. The zero-order valence-electron chi connectivity index (χ0n) is 9.37. The van der Waals surface area contributed by atoms with Crippen LogP contribution in [0.2, 0.25) is 5.02 Å². The Morgan fingerprint density at radius 1 is 1.59 bits per heavy atom. The van der Waals surface area contributed by atoms with Crippen molar-refractivity contribution in [2.75, 3.05) is 0 Å². The van der Waals surface area contributed by atoms with Crippen LogP contribution in [-0.4, -0.2) is 22.8 Å². The number of hydrazone groups is 1. The molecular formula is C11H12ClFN2O2. The van der Waals surface area contributed by atoms with Gasteiger partial charge in [-0.05, 0) is 26.0 Å². The van der Waals surface area contributed by atoms with Gasteiger partial charge in [0.15, 0.2) is 0 Å². The lowest BCUT2D eigenvalue weighted by Crippen LogP contribution is -2.39. The fourth-order valence-electron chi connectivity index (χ4n) is 0.926. The number of halogens is 2. The maximum absolute atomic E-state index is 13.3. The number of nitrogens with one attached hydrogen (secondary N) is 1. The number of nitrogens with zero attached hydrogens (tertiary/aromatic N) is 1. The molecule has 0 aromatic heterocycles. The van der Waals surface area contributed by atoms with E-state index in [4.69, 9.17) is 11.6 Å². The van der Waals surface area contributed by atoms with E-state index in [1.54, 1.807) is 0 Å². The first-order valence-electron chi connectivity index (χ1n) is 4.82. The third kappa shape index (κ3) is 3.80. The second-order valence-corrected chi connectivity index (χ2v) is 4.30. The Labute approximate surface area is 103 Å². The zero-order valence-corrected chi connectivity index (χ0v) is 10.1. The predicted octanol–water partition coefficient (Wildman–Crippen LogP) is 1.70. The van der Waals surface area contributed by atoms with Gasteiger partial charge in [0.1, 0.15) is 11.4 Å². The molecule has 4 nitrogen and oxygen atoms in total. The van der Waals surface area contributed by atoms with Crippen molar-refractivity contribution in [1.29, 1.82) is 0 Å². The quantitative estimate of drug-likeness (QED) is 0.640. The van der Waals surface area contributed by atoms with E-state index in [-0.39, 0.29) is 10.6 Å². The van der Waals surface area contributed by atoms with Gasteiger partial charge in [-0.2, -0.15) is 5.10 Å². The van der Waals surface area contributed by atoms with Crippen LogP contribution in [-0.2, 0) is 4.79 Å². The third-order valence-corrected chi connectivity index (χ3v) is 2.24. The van der Waals surface area contributed by atoms with Crippen molar-refractivity contribution in [2.24, 2.45) is 5.10 Å². The molecule has 1 amide bonds. The molecule has 2 N–H and O–H groups in total. The second-order valence-electron chi connectivity index (χ2n) is 3.89. The standard InChI is InChI=1S/C11H12ClFN2O2/c1-11(2,17)10(16)15-14-6-7-8(12)4-3-5-9(7)13/h3-6,17H,1-2H3,(H,15,16)/b14-6+. The van der Waals surface area contributed by atoms with E-state index in [0.29, 0.717) is 0 Å².